The average Bonchev–Trinajstić information content (AvgIpc) is 2.77. The fourth-order valence-corrected chi connectivity index (χ4v) is 4.23. The van der Waals surface area contributed by atoms with Crippen molar-refractivity contribution >= 4 is 12.1 Å². The summed E-state index contributed by atoms with van der Waals surface area (Å²) in [4.78, 5) is 24.6. The van der Waals surface area contributed by atoms with Gasteiger partial charge in [-0.2, -0.15) is 0 Å². The van der Waals surface area contributed by atoms with Gasteiger partial charge >= 0.3 is 12.1 Å². The zero-order valence-electron chi connectivity index (χ0n) is 19.7. The van der Waals surface area contributed by atoms with Crippen LogP contribution >= 0.6 is 0 Å². The van der Waals surface area contributed by atoms with Crippen LogP contribution in [0.5, 0.6) is 0 Å². The Morgan fingerprint density at radius 2 is 1.30 bits per heavy atom. The number of hydrogen-bond acceptors (Lipinski definition) is 4. The van der Waals surface area contributed by atoms with Crippen molar-refractivity contribution in [2.45, 2.75) is 129 Å². The molecule has 1 atom stereocenters. The summed E-state index contributed by atoms with van der Waals surface area (Å²) < 4.78 is 10.7. The molecule has 176 valence electrons. The Balaban J connectivity index is 2.17. The maximum absolute atomic E-state index is 12.6. The van der Waals surface area contributed by atoms with Crippen LogP contribution in [0.2, 0.25) is 0 Å². The van der Waals surface area contributed by atoms with E-state index in [1.165, 1.54) is 64.2 Å². The van der Waals surface area contributed by atoms with Crippen molar-refractivity contribution in [2.24, 2.45) is 5.92 Å². The average molecular weight is 426 g/mol. The first-order valence-corrected chi connectivity index (χ1v) is 12.8. The molecule has 0 spiro atoms. The number of esters is 1. The molecule has 1 aliphatic rings. The molecular weight excluding hydrogens is 378 g/mol. The van der Waals surface area contributed by atoms with Crippen molar-refractivity contribution < 1.29 is 19.1 Å². The topological polar surface area (TPSA) is 64.6 Å². The molecule has 5 heteroatoms. The standard InChI is InChI=1S/C25H47NO4/c1-3-5-6-7-8-9-10-11-12-13-17-21-29-24(27)23(22-18-15-14-16-19-22)26-25(28)30-20-4-2/h22-23H,3-21H2,1-2H3,(H,26,28). The van der Waals surface area contributed by atoms with E-state index in [-0.39, 0.29) is 11.9 Å². The lowest BCUT2D eigenvalue weighted by atomic mass is 9.84. The minimum absolute atomic E-state index is 0.165. The van der Waals surface area contributed by atoms with E-state index in [9.17, 15) is 9.59 Å². The van der Waals surface area contributed by atoms with Crippen LogP contribution in [0.25, 0.3) is 0 Å². The molecule has 0 aliphatic heterocycles. The first kappa shape index (κ1) is 26.8. The quantitative estimate of drug-likeness (QED) is 0.203. The van der Waals surface area contributed by atoms with Gasteiger partial charge < -0.3 is 14.8 Å². The predicted octanol–water partition coefficient (Wildman–Crippen LogP) is 6.93. The first-order chi connectivity index (χ1) is 14.7. The van der Waals surface area contributed by atoms with Gasteiger partial charge in [-0.25, -0.2) is 9.59 Å². The van der Waals surface area contributed by atoms with Crippen LogP contribution in [-0.4, -0.2) is 31.3 Å². The van der Waals surface area contributed by atoms with Crippen molar-refractivity contribution in [1.29, 1.82) is 0 Å². The smallest absolute Gasteiger partial charge is 0.407 e. The summed E-state index contributed by atoms with van der Waals surface area (Å²) >= 11 is 0. The van der Waals surface area contributed by atoms with E-state index in [4.69, 9.17) is 9.47 Å². The Morgan fingerprint density at radius 1 is 0.733 bits per heavy atom. The second kappa shape index (κ2) is 18.5. The van der Waals surface area contributed by atoms with Crippen LogP contribution in [0.15, 0.2) is 0 Å². The second-order valence-electron chi connectivity index (χ2n) is 8.86. The summed E-state index contributed by atoms with van der Waals surface area (Å²) in [6, 6.07) is -0.567. The third kappa shape index (κ3) is 13.1. The maximum Gasteiger partial charge on any atom is 0.407 e. The van der Waals surface area contributed by atoms with Crippen molar-refractivity contribution in [2.75, 3.05) is 13.2 Å². The highest BCUT2D eigenvalue weighted by Crippen LogP contribution is 2.27. The van der Waals surface area contributed by atoms with Crippen LogP contribution < -0.4 is 5.32 Å². The Hall–Kier alpha value is -1.26. The van der Waals surface area contributed by atoms with Gasteiger partial charge in [0.2, 0.25) is 0 Å². The van der Waals surface area contributed by atoms with Gasteiger partial charge in [0.1, 0.15) is 6.04 Å². The van der Waals surface area contributed by atoms with Gasteiger partial charge in [0.25, 0.3) is 0 Å². The number of rotatable bonds is 17. The molecule has 1 amide bonds. The molecule has 0 saturated heterocycles. The van der Waals surface area contributed by atoms with E-state index in [0.29, 0.717) is 13.2 Å². The van der Waals surface area contributed by atoms with Gasteiger partial charge in [0, 0.05) is 0 Å². The van der Waals surface area contributed by atoms with E-state index >= 15 is 0 Å². The highest BCUT2D eigenvalue weighted by molar-refractivity contribution is 5.81. The third-order valence-electron chi connectivity index (χ3n) is 6.08. The zero-order valence-corrected chi connectivity index (χ0v) is 19.7. The Morgan fingerprint density at radius 3 is 1.87 bits per heavy atom. The lowest BCUT2D eigenvalue weighted by molar-refractivity contribution is -0.148. The Kier molecular flexibility index (Phi) is 16.5. The Bertz CT molecular complexity index is 435. The summed E-state index contributed by atoms with van der Waals surface area (Å²) in [7, 11) is 0. The summed E-state index contributed by atoms with van der Waals surface area (Å²) in [5.74, 6) is -0.125. The molecule has 0 heterocycles. The number of alkyl carbamates (subject to hydrolysis) is 1. The predicted molar refractivity (Wildman–Crippen MR) is 123 cm³/mol. The zero-order chi connectivity index (χ0) is 21.9. The minimum atomic E-state index is -0.567. The fourth-order valence-electron chi connectivity index (χ4n) is 4.23. The first-order valence-electron chi connectivity index (χ1n) is 12.8. The molecule has 30 heavy (non-hydrogen) atoms. The van der Waals surface area contributed by atoms with Gasteiger partial charge in [-0.05, 0) is 31.6 Å². The number of nitrogens with one attached hydrogen (secondary N) is 1. The molecule has 1 aliphatic carbocycles. The summed E-state index contributed by atoms with van der Waals surface area (Å²) in [6.45, 7) is 5.03. The molecule has 0 aromatic heterocycles. The molecule has 0 aromatic rings. The molecule has 5 nitrogen and oxygen atoms in total. The number of unbranched alkanes of at least 4 members (excludes halogenated alkanes) is 10. The Labute approximate surface area is 185 Å². The number of carbonyl (C=O) groups excluding carboxylic acids is 2. The highest BCUT2D eigenvalue weighted by Gasteiger charge is 2.32. The van der Waals surface area contributed by atoms with Gasteiger partial charge in [-0.15, -0.1) is 0 Å². The van der Waals surface area contributed by atoms with Crippen molar-refractivity contribution in [3.63, 3.8) is 0 Å². The van der Waals surface area contributed by atoms with Crippen LogP contribution in [0.4, 0.5) is 4.79 Å². The van der Waals surface area contributed by atoms with Crippen molar-refractivity contribution in [1.82, 2.24) is 5.32 Å². The SMILES string of the molecule is CCCCCCCCCCCCCOC(=O)C(NC(=O)OCCC)C1CCCCC1. The molecular formula is C25H47NO4. The normalized spacial score (nSPS) is 15.5. The highest BCUT2D eigenvalue weighted by atomic mass is 16.6. The van der Waals surface area contributed by atoms with Crippen LogP contribution in [0.1, 0.15) is 123 Å². The largest absolute Gasteiger partial charge is 0.464 e. The second-order valence-corrected chi connectivity index (χ2v) is 8.86. The van der Waals surface area contributed by atoms with Crippen molar-refractivity contribution in [3.05, 3.63) is 0 Å². The van der Waals surface area contributed by atoms with Crippen molar-refractivity contribution in [3.8, 4) is 0 Å². The monoisotopic (exact) mass is 425 g/mol. The summed E-state index contributed by atoms with van der Waals surface area (Å²) in [6.07, 6.45) is 19.6. The molecule has 1 unspecified atom stereocenters. The number of amides is 1. The van der Waals surface area contributed by atoms with E-state index in [2.05, 4.69) is 12.2 Å². The molecule has 0 bridgehead atoms. The van der Waals surface area contributed by atoms with Gasteiger partial charge in [-0.3, -0.25) is 0 Å². The van der Waals surface area contributed by atoms with E-state index in [1.54, 1.807) is 0 Å². The van der Waals surface area contributed by atoms with Gasteiger partial charge in [-0.1, -0.05) is 97.3 Å². The molecule has 0 radical (unpaired) electrons. The van der Waals surface area contributed by atoms with E-state index < -0.39 is 12.1 Å². The summed E-state index contributed by atoms with van der Waals surface area (Å²) in [5.41, 5.74) is 0. The molecule has 0 aromatic carbocycles. The molecule has 1 N–H and O–H groups in total. The van der Waals surface area contributed by atoms with Crippen LogP contribution in [-0.2, 0) is 14.3 Å². The van der Waals surface area contributed by atoms with Crippen LogP contribution in [0, 0.1) is 5.92 Å². The number of hydrogen-bond donors (Lipinski definition) is 1. The lowest BCUT2D eigenvalue weighted by Crippen LogP contribution is -2.47. The lowest BCUT2D eigenvalue weighted by Gasteiger charge is -2.29. The van der Waals surface area contributed by atoms with Gasteiger partial charge in [0.05, 0.1) is 13.2 Å². The maximum atomic E-state index is 12.6. The fraction of sp³-hybridized carbons (Fsp3) is 0.920. The molecule has 1 saturated carbocycles. The minimum Gasteiger partial charge on any atom is -0.464 e. The van der Waals surface area contributed by atoms with E-state index in [0.717, 1.165) is 44.9 Å². The third-order valence-corrected chi connectivity index (χ3v) is 6.08. The van der Waals surface area contributed by atoms with Gasteiger partial charge in [0.15, 0.2) is 0 Å². The molecule has 1 fully saturated rings. The van der Waals surface area contributed by atoms with Crippen LogP contribution in [0.3, 0.4) is 0 Å². The molecule has 1 rings (SSSR count). The number of carbonyl (C=O) groups is 2. The summed E-state index contributed by atoms with van der Waals surface area (Å²) in [5, 5.41) is 2.78. The number of ether oxygens (including phenoxy) is 2. The van der Waals surface area contributed by atoms with E-state index in [1.807, 2.05) is 6.92 Å².